The minimum atomic E-state index is 0.0430. The fraction of sp³-hybridized carbons (Fsp3) is 0.316. The quantitative estimate of drug-likeness (QED) is 0.750. The third-order valence-electron chi connectivity index (χ3n) is 3.78. The zero-order valence-electron chi connectivity index (χ0n) is 13.7. The summed E-state index contributed by atoms with van der Waals surface area (Å²) in [6.45, 7) is 5.53. The lowest BCUT2D eigenvalue weighted by molar-refractivity contribution is -0.116. The summed E-state index contributed by atoms with van der Waals surface area (Å²) in [4.78, 5) is 12.0. The topological polar surface area (TPSA) is 41.1 Å². The van der Waals surface area contributed by atoms with Crippen LogP contribution in [0.4, 0.5) is 5.69 Å². The molecule has 2 N–H and O–H groups in total. The number of amides is 1. The van der Waals surface area contributed by atoms with Crippen LogP contribution in [-0.4, -0.2) is 19.0 Å². The highest BCUT2D eigenvalue weighted by Gasteiger charge is 2.06. The van der Waals surface area contributed by atoms with Crippen molar-refractivity contribution < 1.29 is 4.79 Å². The molecule has 0 aliphatic carbocycles. The Morgan fingerprint density at radius 3 is 2.30 bits per heavy atom. The van der Waals surface area contributed by atoms with Crippen molar-refractivity contribution in [1.29, 1.82) is 0 Å². The first-order valence-corrected chi connectivity index (χ1v) is 8.25. The monoisotopic (exact) mass is 330 g/mol. The Kier molecular flexibility index (Phi) is 6.63. The summed E-state index contributed by atoms with van der Waals surface area (Å²) in [5.74, 6) is 0.0430. The van der Waals surface area contributed by atoms with Crippen LogP contribution >= 0.6 is 11.6 Å². The van der Waals surface area contributed by atoms with E-state index in [1.54, 1.807) is 0 Å². The van der Waals surface area contributed by atoms with Crippen LogP contribution in [0.2, 0.25) is 5.02 Å². The second kappa shape index (κ2) is 8.70. The third kappa shape index (κ3) is 5.70. The molecule has 2 aromatic carbocycles. The first-order chi connectivity index (χ1) is 11.1. The second-order valence-corrected chi connectivity index (χ2v) is 6.13. The lowest BCUT2D eigenvalue weighted by Crippen LogP contribution is -2.24. The molecular formula is C19H23ClN2O. The van der Waals surface area contributed by atoms with Crippen molar-refractivity contribution in [3.63, 3.8) is 0 Å². The van der Waals surface area contributed by atoms with E-state index in [4.69, 9.17) is 11.6 Å². The van der Waals surface area contributed by atoms with Gasteiger partial charge in [-0.25, -0.2) is 0 Å². The maximum Gasteiger partial charge on any atom is 0.225 e. The molecule has 0 radical (unpaired) electrons. The molecule has 0 saturated heterocycles. The van der Waals surface area contributed by atoms with Crippen molar-refractivity contribution in [1.82, 2.24) is 5.32 Å². The zero-order chi connectivity index (χ0) is 16.7. The average molecular weight is 331 g/mol. The van der Waals surface area contributed by atoms with Gasteiger partial charge in [0.25, 0.3) is 0 Å². The molecule has 3 nitrogen and oxygen atoms in total. The largest absolute Gasteiger partial charge is 0.326 e. The van der Waals surface area contributed by atoms with Gasteiger partial charge in [-0.05, 0) is 55.6 Å². The number of anilines is 1. The van der Waals surface area contributed by atoms with Gasteiger partial charge in [0.05, 0.1) is 0 Å². The minimum absolute atomic E-state index is 0.0430. The molecule has 0 saturated carbocycles. The van der Waals surface area contributed by atoms with E-state index in [9.17, 15) is 4.79 Å². The third-order valence-corrected chi connectivity index (χ3v) is 4.03. The van der Waals surface area contributed by atoms with E-state index in [-0.39, 0.29) is 5.91 Å². The Labute approximate surface area is 143 Å². The molecule has 2 aromatic rings. The summed E-state index contributed by atoms with van der Waals surface area (Å²) in [5, 5.41) is 7.05. The van der Waals surface area contributed by atoms with Crippen LogP contribution in [0, 0.1) is 13.8 Å². The summed E-state index contributed by atoms with van der Waals surface area (Å²) < 4.78 is 0. The summed E-state index contributed by atoms with van der Waals surface area (Å²) >= 11 is 5.86. The van der Waals surface area contributed by atoms with Gasteiger partial charge in [-0.1, -0.05) is 41.9 Å². The van der Waals surface area contributed by atoms with Gasteiger partial charge in [-0.3, -0.25) is 4.79 Å². The molecule has 0 aromatic heterocycles. The predicted molar refractivity (Wildman–Crippen MR) is 97.2 cm³/mol. The maximum absolute atomic E-state index is 12.0. The van der Waals surface area contributed by atoms with Gasteiger partial charge in [0.2, 0.25) is 5.91 Å². The standard InChI is InChI=1S/C19H23ClN2O/c1-14-4-3-5-15(2)19(14)22-18(23)11-13-21-12-10-16-6-8-17(20)9-7-16/h3-9,21H,10-13H2,1-2H3,(H,22,23). The summed E-state index contributed by atoms with van der Waals surface area (Å²) in [5.41, 5.74) is 4.35. The van der Waals surface area contributed by atoms with Gasteiger partial charge in [0.1, 0.15) is 0 Å². The molecule has 0 spiro atoms. The molecule has 23 heavy (non-hydrogen) atoms. The van der Waals surface area contributed by atoms with Crippen molar-refractivity contribution in [3.05, 3.63) is 64.2 Å². The Morgan fingerprint density at radius 1 is 1.00 bits per heavy atom. The molecule has 0 aliphatic rings. The van der Waals surface area contributed by atoms with Gasteiger partial charge in [0, 0.05) is 23.7 Å². The first kappa shape index (κ1) is 17.5. The fourth-order valence-corrected chi connectivity index (χ4v) is 2.55. The number of aryl methyl sites for hydroxylation is 2. The molecule has 2 rings (SSSR count). The summed E-state index contributed by atoms with van der Waals surface area (Å²) in [7, 11) is 0. The maximum atomic E-state index is 12.0. The van der Waals surface area contributed by atoms with Crippen molar-refractivity contribution in [3.8, 4) is 0 Å². The van der Waals surface area contributed by atoms with Gasteiger partial charge in [-0.2, -0.15) is 0 Å². The van der Waals surface area contributed by atoms with E-state index in [1.165, 1.54) is 5.56 Å². The lowest BCUT2D eigenvalue weighted by Gasteiger charge is -2.11. The molecule has 4 heteroatoms. The number of benzene rings is 2. The van der Waals surface area contributed by atoms with Crippen LogP contribution in [0.3, 0.4) is 0 Å². The van der Waals surface area contributed by atoms with Gasteiger partial charge in [-0.15, -0.1) is 0 Å². The predicted octanol–water partition coefficient (Wildman–Crippen LogP) is 4.12. The van der Waals surface area contributed by atoms with E-state index >= 15 is 0 Å². The SMILES string of the molecule is Cc1cccc(C)c1NC(=O)CCNCCc1ccc(Cl)cc1. The fourth-order valence-electron chi connectivity index (χ4n) is 2.42. The van der Waals surface area contributed by atoms with Gasteiger partial charge in [0.15, 0.2) is 0 Å². The van der Waals surface area contributed by atoms with E-state index in [0.29, 0.717) is 13.0 Å². The normalized spacial score (nSPS) is 10.6. The Morgan fingerprint density at radius 2 is 1.65 bits per heavy atom. The van der Waals surface area contributed by atoms with Crippen LogP contribution in [0.5, 0.6) is 0 Å². The van der Waals surface area contributed by atoms with E-state index in [2.05, 4.69) is 10.6 Å². The molecule has 0 unspecified atom stereocenters. The minimum Gasteiger partial charge on any atom is -0.326 e. The lowest BCUT2D eigenvalue weighted by atomic mass is 10.1. The van der Waals surface area contributed by atoms with E-state index in [0.717, 1.165) is 34.8 Å². The number of hydrogen-bond acceptors (Lipinski definition) is 2. The van der Waals surface area contributed by atoms with Gasteiger partial charge < -0.3 is 10.6 Å². The molecule has 0 aliphatic heterocycles. The van der Waals surface area contributed by atoms with Crippen LogP contribution in [-0.2, 0) is 11.2 Å². The van der Waals surface area contributed by atoms with Crippen molar-refractivity contribution >= 4 is 23.2 Å². The van der Waals surface area contributed by atoms with E-state index < -0.39 is 0 Å². The smallest absolute Gasteiger partial charge is 0.225 e. The van der Waals surface area contributed by atoms with Crippen LogP contribution in [0.25, 0.3) is 0 Å². The molecular weight excluding hydrogens is 308 g/mol. The average Bonchev–Trinajstić information content (AvgIpc) is 2.52. The van der Waals surface area contributed by atoms with Crippen molar-refractivity contribution in [2.75, 3.05) is 18.4 Å². The number of nitrogens with one attached hydrogen (secondary N) is 2. The van der Waals surface area contributed by atoms with Crippen LogP contribution < -0.4 is 10.6 Å². The summed E-state index contributed by atoms with van der Waals surface area (Å²) in [6, 6.07) is 13.9. The second-order valence-electron chi connectivity index (χ2n) is 5.69. The summed E-state index contributed by atoms with van der Waals surface area (Å²) in [6.07, 6.45) is 1.39. The highest BCUT2D eigenvalue weighted by Crippen LogP contribution is 2.19. The Balaban J connectivity index is 1.68. The number of para-hydroxylation sites is 1. The van der Waals surface area contributed by atoms with Crippen LogP contribution in [0.15, 0.2) is 42.5 Å². The number of rotatable bonds is 7. The van der Waals surface area contributed by atoms with Crippen molar-refractivity contribution in [2.24, 2.45) is 0 Å². The highest BCUT2D eigenvalue weighted by atomic mass is 35.5. The molecule has 0 fully saturated rings. The Bertz CT molecular complexity index is 633. The Hall–Kier alpha value is -1.84. The van der Waals surface area contributed by atoms with Crippen LogP contribution in [0.1, 0.15) is 23.1 Å². The number of carbonyl (C=O) groups is 1. The van der Waals surface area contributed by atoms with E-state index in [1.807, 2.05) is 56.3 Å². The highest BCUT2D eigenvalue weighted by molar-refractivity contribution is 6.30. The molecule has 0 atom stereocenters. The first-order valence-electron chi connectivity index (χ1n) is 7.87. The molecule has 1 amide bonds. The molecule has 0 heterocycles. The number of hydrogen-bond donors (Lipinski definition) is 2. The molecule has 0 bridgehead atoms. The van der Waals surface area contributed by atoms with Gasteiger partial charge >= 0.3 is 0 Å². The number of halogens is 1. The zero-order valence-corrected chi connectivity index (χ0v) is 14.4. The number of carbonyl (C=O) groups excluding carboxylic acids is 1. The molecule has 122 valence electrons. The van der Waals surface area contributed by atoms with Crippen molar-refractivity contribution in [2.45, 2.75) is 26.7 Å².